The van der Waals surface area contributed by atoms with Crippen molar-refractivity contribution >= 4 is 37.4 Å². The zero-order chi connectivity index (χ0) is 25.2. The minimum absolute atomic E-state index is 0.0882. The molecule has 4 N–H and O–H groups in total. The van der Waals surface area contributed by atoms with Gasteiger partial charge in [-0.25, -0.2) is 21.2 Å². The van der Waals surface area contributed by atoms with Gasteiger partial charge in [0.1, 0.15) is 22.3 Å². The van der Waals surface area contributed by atoms with Crippen molar-refractivity contribution in [2.45, 2.75) is 28.4 Å². The maximum Gasteiger partial charge on any atom is 0.270 e. The lowest BCUT2D eigenvalue weighted by Gasteiger charge is -2.21. The summed E-state index contributed by atoms with van der Waals surface area (Å²) in [4.78, 5) is 18.7. The molecule has 2 aromatic carbocycles. The number of sulfone groups is 2. The van der Waals surface area contributed by atoms with Crippen molar-refractivity contribution in [3.8, 4) is 5.75 Å². The predicted molar refractivity (Wildman–Crippen MR) is 121 cm³/mol. The summed E-state index contributed by atoms with van der Waals surface area (Å²) in [7, 11) is -6.92. The molecule has 0 fully saturated rings. The number of aliphatic imine (C=N–C) groups is 2. The van der Waals surface area contributed by atoms with Crippen LogP contribution in [-0.2, 0) is 24.5 Å². The second-order valence-electron chi connectivity index (χ2n) is 7.38. The van der Waals surface area contributed by atoms with Gasteiger partial charge in [0.05, 0.1) is 12.0 Å². The monoisotopic (exact) mass is 498 g/mol. The van der Waals surface area contributed by atoms with Crippen molar-refractivity contribution in [2.75, 3.05) is 13.4 Å². The maximum absolute atomic E-state index is 14.5. The Morgan fingerprint density at radius 2 is 1.58 bits per heavy atom. The Balaban J connectivity index is 2.38. The van der Waals surface area contributed by atoms with E-state index in [0.717, 1.165) is 32.2 Å². The lowest BCUT2D eigenvalue weighted by atomic mass is 10.2. The molecule has 0 saturated heterocycles. The summed E-state index contributed by atoms with van der Waals surface area (Å²) in [6, 6.07) is 8.70. The number of halogens is 1. The second-order valence-corrected chi connectivity index (χ2v) is 11.9. The van der Waals surface area contributed by atoms with Crippen molar-refractivity contribution in [1.82, 2.24) is 0 Å². The Kier molecular flexibility index (Phi) is 7.29. The number of methoxy groups -OCH3 is 1. The van der Waals surface area contributed by atoms with Crippen molar-refractivity contribution in [2.24, 2.45) is 21.5 Å². The van der Waals surface area contributed by atoms with Crippen LogP contribution in [-0.4, -0.2) is 52.7 Å². The molecule has 178 valence electrons. The zero-order valence-electron chi connectivity index (χ0n) is 18.2. The van der Waals surface area contributed by atoms with E-state index in [1.807, 2.05) is 0 Å². The number of carbonyl (C=O) groups excluding carboxylic acids is 1. The van der Waals surface area contributed by atoms with Crippen LogP contribution in [0, 0.1) is 5.82 Å². The van der Waals surface area contributed by atoms with Gasteiger partial charge in [0, 0.05) is 11.8 Å². The number of amidine groups is 1. The molecule has 0 atom stereocenters. The van der Waals surface area contributed by atoms with Gasteiger partial charge in [0.15, 0.2) is 24.4 Å². The molecule has 0 aliphatic heterocycles. The number of benzene rings is 2. The Morgan fingerprint density at radius 1 is 1.00 bits per heavy atom. The first-order chi connectivity index (χ1) is 15.1. The summed E-state index contributed by atoms with van der Waals surface area (Å²) < 4.78 is 66.3. The highest BCUT2D eigenvalue weighted by atomic mass is 32.2. The minimum atomic E-state index is -4.64. The van der Waals surface area contributed by atoms with Gasteiger partial charge in [-0.15, -0.1) is 0 Å². The normalized spacial score (nSPS) is 13.6. The molecule has 1 amide bonds. The number of guanidine groups is 1. The van der Waals surface area contributed by atoms with Gasteiger partial charge in [0.25, 0.3) is 5.91 Å². The average molecular weight is 499 g/mol. The SMILES string of the molecule is COc1ccc(C(N)=NC(N)=NC(=O)C(C)(C)S(=O)(=O)c2ccc(S(C)(=O)=O)cc2F)cc1. The Morgan fingerprint density at radius 3 is 2.06 bits per heavy atom. The first-order valence-corrected chi connectivity index (χ1v) is 12.6. The molecule has 0 heterocycles. The molecule has 33 heavy (non-hydrogen) atoms. The van der Waals surface area contributed by atoms with Crippen molar-refractivity contribution in [3.63, 3.8) is 0 Å². The van der Waals surface area contributed by atoms with Gasteiger partial charge < -0.3 is 16.2 Å². The van der Waals surface area contributed by atoms with E-state index in [0.29, 0.717) is 17.4 Å². The van der Waals surface area contributed by atoms with Crippen molar-refractivity contribution < 1.29 is 30.8 Å². The molecule has 13 heteroatoms. The predicted octanol–water partition coefficient (Wildman–Crippen LogP) is 1.04. The van der Waals surface area contributed by atoms with Crippen LogP contribution in [0.3, 0.4) is 0 Å². The van der Waals surface area contributed by atoms with Gasteiger partial charge in [-0.2, -0.15) is 9.98 Å². The molecule has 0 aliphatic rings. The molecular formula is C20H23FN4O6S2. The number of amides is 1. The maximum atomic E-state index is 14.5. The fraction of sp³-hybridized carbons (Fsp3) is 0.250. The van der Waals surface area contributed by atoms with E-state index in [-0.39, 0.29) is 5.84 Å². The number of hydrogen-bond acceptors (Lipinski definition) is 6. The van der Waals surface area contributed by atoms with E-state index in [4.69, 9.17) is 16.2 Å². The summed E-state index contributed by atoms with van der Waals surface area (Å²) in [5, 5.41) is 0. The van der Waals surface area contributed by atoms with E-state index in [9.17, 15) is 26.0 Å². The fourth-order valence-electron chi connectivity index (χ4n) is 2.53. The van der Waals surface area contributed by atoms with Crippen LogP contribution >= 0.6 is 0 Å². The lowest BCUT2D eigenvalue weighted by molar-refractivity contribution is -0.119. The van der Waals surface area contributed by atoms with E-state index in [1.54, 1.807) is 24.3 Å². The van der Waals surface area contributed by atoms with Crippen LogP contribution in [0.2, 0.25) is 0 Å². The van der Waals surface area contributed by atoms with E-state index < -0.39 is 51.9 Å². The van der Waals surface area contributed by atoms with Crippen LogP contribution in [0.5, 0.6) is 5.75 Å². The molecule has 0 radical (unpaired) electrons. The molecule has 0 aliphatic carbocycles. The molecule has 0 bridgehead atoms. The molecule has 10 nitrogen and oxygen atoms in total. The highest BCUT2D eigenvalue weighted by Gasteiger charge is 2.44. The van der Waals surface area contributed by atoms with Gasteiger partial charge in [-0.1, -0.05) is 0 Å². The van der Waals surface area contributed by atoms with E-state index in [1.165, 1.54) is 7.11 Å². The lowest BCUT2D eigenvalue weighted by Crippen LogP contribution is -2.41. The van der Waals surface area contributed by atoms with Gasteiger partial charge in [0.2, 0.25) is 5.96 Å². The Labute approximate surface area is 191 Å². The largest absolute Gasteiger partial charge is 0.497 e. The van der Waals surface area contributed by atoms with Crippen LogP contribution < -0.4 is 16.2 Å². The molecule has 0 spiro atoms. The quantitative estimate of drug-likeness (QED) is 0.439. The smallest absolute Gasteiger partial charge is 0.270 e. The van der Waals surface area contributed by atoms with Crippen molar-refractivity contribution in [3.05, 3.63) is 53.8 Å². The number of hydrogen-bond donors (Lipinski definition) is 2. The van der Waals surface area contributed by atoms with Gasteiger partial charge in [-0.3, -0.25) is 4.79 Å². The number of ether oxygens (including phenoxy) is 1. The first kappa shape index (κ1) is 25.9. The summed E-state index contributed by atoms with van der Waals surface area (Å²) in [6.07, 6.45) is 0.846. The third-order valence-electron chi connectivity index (χ3n) is 4.64. The van der Waals surface area contributed by atoms with Crippen LogP contribution in [0.1, 0.15) is 19.4 Å². The molecule has 0 aromatic heterocycles. The van der Waals surface area contributed by atoms with Crippen LogP contribution in [0.15, 0.2) is 62.2 Å². The minimum Gasteiger partial charge on any atom is -0.497 e. The highest BCUT2D eigenvalue weighted by molar-refractivity contribution is 7.93. The average Bonchev–Trinajstić information content (AvgIpc) is 2.72. The molecule has 0 saturated carbocycles. The number of nitrogens with zero attached hydrogens (tertiary/aromatic N) is 2. The molecule has 2 aromatic rings. The van der Waals surface area contributed by atoms with Crippen LogP contribution in [0.25, 0.3) is 0 Å². The van der Waals surface area contributed by atoms with E-state index >= 15 is 0 Å². The first-order valence-electron chi connectivity index (χ1n) is 9.22. The van der Waals surface area contributed by atoms with Gasteiger partial charge in [-0.05, 0) is 56.3 Å². The van der Waals surface area contributed by atoms with Crippen molar-refractivity contribution in [1.29, 1.82) is 0 Å². The molecular weight excluding hydrogens is 475 g/mol. The standard InChI is InChI=1S/C20H23FN4O6S2/c1-20(2,33(29,30)16-10-9-14(11-15(16)21)32(4,27)28)18(26)25-19(23)24-17(22)12-5-7-13(31-3)8-6-12/h5-11H,1-4H3,(H4,22,23,24,25,26). The van der Waals surface area contributed by atoms with Gasteiger partial charge >= 0.3 is 0 Å². The fourth-order valence-corrected chi connectivity index (χ4v) is 4.55. The zero-order valence-corrected chi connectivity index (χ0v) is 19.9. The number of rotatable bonds is 6. The third-order valence-corrected chi connectivity index (χ3v) is 8.18. The Bertz CT molecular complexity index is 1350. The second kappa shape index (κ2) is 9.27. The topological polar surface area (TPSA) is 171 Å². The molecule has 2 rings (SSSR count). The summed E-state index contributed by atoms with van der Waals surface area (Å²) in [5.74, 6) is -2.67. The van der Waals surface area contributed by atoms with E-state index in [2.05, 4.69) is 9.98 Å². The summed E-state index contributed by atoms with van der Waals surface area (Å²) in [6.45, 7) is 2.03. The third kappa shape index (κ3) is 5.54. The highest BCUT2D eigenvalue weighted by Crippen LogP contribution is 2.30. The number of nitrogens with two attached hydrogens (primary N) is 2. The summed E-state index contributed by atoms with van der Waals surface area (Å²) in [5.41, 5.74) is 11.9. The molecule has 0 unspecified atom stereocenters. The van der Waals surface area contributed by atoms with Crippen LogP contribution in [0.4, 0.5) is 4.39 Å². The number of carbonyl (C=O) groups is 1. The Hall–Kier alpha value is -3.32. The summed E-state index contributed by atoms with van der Waals surface area (Å²) >= 11 is 0.